The maximum atomic E-state index is 12.0. The molecule has 0 spiro atoms. The fourth-order valence-corrected chi connectivity index (χ4v) is 2.15. The van der Waals surface area contributed by atoms with Crippen molar-refractivity contribution >= 4 is 12.0 Å². The molecule has 2 aromatic rings. The Bertz CT molecular complexity index is 811. The second-order valence-electron chi connectivity index (χ2n) is 4.82. The van der Waals surface area contributed by atoms with Gasteiger partial charge in [-0.2, -0.15) is 5.26 Å². The van der Waals surface area contributed by atoms with Crippen LogP contribution in [0.25, 0.3) is 6.08 Å². The molecule has 0 radical (unpaired) electrons. The molecule has 2 aromatic carbocycles. The number of hydrogen-bond donors (Lipinski definition) is 0. The largest absolute Gasteiger partial charge is 0.493 e. The van der Waals surface area contributed by atoms with Crippen molar-refractivity contribution in [1.29, 1.82) is 5.26 Å². The number of nitriles is 1. The lowest BCUT2D eigenvalue weighted by molar-refractivity contribution is -0.128. The van der Waals surface area contributed by atoms with Crippen LogP contribution in [-0.4, -0.2) is 27.3 Å². The average molecular weight is 339 g/mol. The summed E-state index contributed by atoms with van der Waals surface area (Å²) in [6.45, 7) is 0. The second kappa shape index (κ2) is 8.41. The molecule has 6 nitrogen and oxygen atoms in total. The maximum Gasteiger partial charge on any atom is 0.336 e. The average Bonchev–Trinajstić information content (AvgIpc) is 2.65. The SMILES string of the molecule is COc1cc(/C=C/C(=O)Oc2ccccc2C#N)cc(OC)c1OC. The van der Waals surface area contributed by atoms with Gasteiger partial charge in [0.1, 0.15) is 11.8 Å². The molecule has 0 atom stereocenters. The quantitative estimate of drug-likeness (QED) is 0.457. The third-order valence-electron chi connectivity index (χ3n) is 3.32. The van der Waals surface area contributed by atoms with Crippen LogP contribution in [0.3, 0.4) is 0 Å². The first-order valence-corrected chi connectivity index (χ1v) is 7.32. The molecule has 0 saturated heterocycles. The van der Waals surface area contributed by atoms with Gasteiger partial charge in [0, 0.05) is 6.08 Å². The first kappa shape index (κ1) is 17.9. The molecule has 0 aliphatic rings. The predicted octanol–water partition coefficient (Wildman–Crippen LogP) is 3.20. The Morgan fingerprint density at radius 3 is 2.20 bits per heavy atom. The van der Waals surface area contributed by atoms with Crippen molar-refractivity contribution < 1.29 is 23.7 Å². The van der Waals surface area contributed by atoms with E-state index in [1.807, 2.05) is 6.07 Å². The summed E-state index contributed by atoms with van der Waals surface area (Å²) in [5.41, 5.74) is 0.956. The molecule has 0 N–H and O–H groups in total. The number of rotatable bonds is 6. The molecule has 0 bridgehead atoms. The number of para-hydroxylation sites is 1. The van der Waals surface area contributed by atoms with Crippen LogP contribution in [0.15, 0.2) is 42.5 Å². The Labute approximate surface area is 145 Å². The van der Waals surface area contributed by atoms with Gasteiger partial charge in [-0.25, -0.2) is 4.79 Å². The fourth-order valence-electron chi connectivity index (χ4n) is 2.15. The number of carbonyl (C=O) groups is 1. The summed E-state index contributed by atoms with van der Waals surface area (Å²) >= 11 is 0. The highest BCUT2D eigenvalue weighted by Crippen LogP contribution is 2.38. The van der Waals surface area contributed by atoms with Crippen molar-refractivity contribution in [2.24, 2.45) is 0 Å². The maximum absolute atomic E-state index is 12.0. The molecule has 2 rings (SSSR count). The van der Waals surface area contributed by atoms with E-state index in [1.165, 1.54) is 27.4 Å². The van der Waals surface area contributed by atoms with E-state index in [0.29, 0.717) is 22.8 Å². The Morgan fingerprint density at radius 1 is 1.00 bits per heavy atom. The zero-order valence-electron chi connectivity index (χ0n) is 14.1. The van der Waals surface area contributed by atoms with E-state index in [4.69, 9.17) is 24.2 Å². The molecule has 0 aliphatic carbocycles. The van der Waals surface area contributed by atoms with E-state index in [0.717, 1.165) is 0 Å². The summed E-state index contributed by atoms with van der Waals surface area (Å²) < 4.78 is 20.9. The molecule has 0 aliphatic heterocycles. The third kappa shape index (κ3) is 4.30. The fraction of sp³-hybridized carbons (Fsp3) is 0.158. The Balaban J connectivity index is 2.21. The molecular formula is C19H17NO5. The summed E-state index contributed by atoms with van der Waals surface area (Å²) in [7, 11) is 4.54. The van der Waals surface area contributed by atoms with E-state index in [9.17, 15) is 4.79 Å². The number of carbonyl (C=O) groups excluding carboxylic acids is 1. The molecule has 0 aromatic heterocycles. The highest BCUT2D eigenvalue weighted by molar-refractivity contribution is 5.89. The molecule has 0 saturated carbocycles. The lowest BCUT2D eigenvalue weighted by atomic mass is 10.1. The predicted molar refractivity (Wildman–Crippen MR) is 91.9 cm³/mol. The number of benzene rings is 2. The van der Waals surface area contributed by atoms with Crippen LogP contribution < -0.4 is 18.9 Å². The van der Waals surface area contributed by atoms with Crippen LogP contribution in [-0.2, 0) is 4.79 Å². The van der Waals surface area contributed by atoms with E-state index < -0.39 is 5.97 Å². The summed E-state index contributed by atoms with van der Waals surface area (Å²) in [6, 6.07) is 11.9. The Morgan fingerprint density at radius 2 is 1.64 bits per heavy atom. The lowest BCUT2D eigenvalue weighted by Crippen LogP contribution is -2.05. The van der Waals surface area contributed by atoms with Crippen LogP contribution in [0.4, 0.5) is 0 Å². The van der Waals surface area contributed by atoms with Gasteiger partial charge in [0.25, 0.3) is 0 Å². The van der Waals surface area contributed by atoms with Crippen LogP contribution >= 0.6 is 0 Å². The minimum absolute atomic E-state index is 0.213. The number of hydrogen-bond acceptors (Lipinski definition) is 6. The van der Waals surface area contributed by atoms with Gasteiger partial charge in [0.2, 0.25) is 5.75 Å². The number of nitrogens with zero attached hydrogens (tertiary/aromatic N) is 1. The van der Waals surface area contributed by atoms with Gasteiger partial charge >= 0.3 is 5.97 Å². The van der Waals surface area contributed by atoms with E-state index in [1.54, 1.807) is 42.5 Å². The molecular weight excluding hydrogens is 322 g/mol. The van der Waals surface area contributed by atoms with Crippen molar-refractivity contribution in [1.82, 2.24) is 0 Å². The van der Waals surface area contributed by atoms with Crippen LogP contribution in [0.5, 0.6) is 23.0 Å². The Hall–Kier alpha value is -3.46. The van der Waals surface area contributed by atoms with Crippen molar-refractivity contribution in [3.63, 3.8) is 0 Å². The zero-order chi connectivity index (χ0) is 18.2. The van der Waals surface area contributed by atoms with Crippen LogP contribution in [0, 0.1) is 11.3 Å². The molecule has 0 amide bonds. The highest BCUT2D eigenvalue weighted by Gasteiger charge is 2.12. The van der Waals surface area contributed by atoms with Gasteiger partial charge in [-0.1, -0.05) is 12.1 Å². The lowest BCUT2D eigenvalue weighted by Gasteiger charge is -2.12. The minimum atomic E-state index is -0.601. The zero-order valence-corrected chi connectivity index (χ0v) is 14.1. The molecule has 0 unspecified atom stereocenters. The Kier molecular flexibility index (Phi) is 6.02. The molecule has 25 heavy (non-hydrogen) atoms. The van der Waals surface area contributed by atoms with E-state index >= 15 is 0 Å². The molecule has 6 heteroatoms. The van der Waals surface area contributed by atoms with E-state index in [-0.39, 0.29) is 11.3 Å². The topological polar surface area (TPSA) is 77.8 Å². The van der Waals surface area contributed by atoms with E-state index in [2.05, 4.69) is 0 Å². The normalized spacial score (nSPS) is 10.2. The van der Waals surface area contributed by atoms with Gasteiger partial charge < -0.3 is 18.9 Å². The summed E-state index contributed by atoms with van der Waals surface area (Å²) in [6.07, 6.45) is 2.82. The van der Waals surface area contributed by atoms with Crippen LogP contribution in [0.2, 0.25) is 0 Å². The molecule has 0 heterocycles. The molecule has 0 fully saturated rings. The summed E-state index contributed by atoms with van der Waals surface area (Å²) in [5, 5.41) is 9.00. The number of methoxy groups -OCH3 is 3. The monoisotopic (exact) mass is 339 g/mol. The third-order valence-corrected chi connectivity index (χ3v) is 3.32. The number of esters is 1. The van der Waals surface area contributed by atoms with Gasteiger partial charge in [0.05, 0.1) is 26.9 Å². The van der Waals surface area contributed by atoms with Gasteiger partial charge in [0.15, 0.2) is 11.5 Å². The van der Waals surface area contributed by atoms with Crippen molar-refractivity contribution in [2.75, 3.05) is 21.3 Å². The standard InChI is InChI=1S/C19H17NO5/c1-22-16-10-13(11-17(23-2)19(16)24-3)8-9-18(21)25-15-7-5-4-6-14(15)12-20/h4-11H,1-3H3/b9-8+. The highest BCUT2D eigenvalue weighted by atomic mass is 16.5. The second-order valence-corrected chi connectivity index (χ2v) is 4.82. The van der Waals surface area contributed by atoms with Crippen molar-refractivity contribution in [3.05, 3.63) is 53.6 Å². The number of ether oxygens (including phenoxy) is 4. The van der Waals surface area contributed by atoms with Crippen molar-refractivity contribution in [2.45, 2.75) is 0 Å². The first-order chi connectivity index (χ1) is 12.1. The van der Waals surface area contributed by atoms with Gasteiger partial charge in [-0.15, -0.1) is 0 Å². The van der Waals surface area contributed by atoms with Gasteiger partial charge in [-0.3, -0.25) is 0 Å². The summed E-state index contributed by atoms with van der Waals surface area (Å²) in [5.74, 6) is 1.03. The minimum Gasteiger partial charge on any atom is -0.493 e. The first-order valence-electron chi connectivity index (χ1n) is 7.32. The summed E-state index contributed by atoms with van der Waals surface area (Å²) in [4.78, 5) is 12.0. The smallest absolute Gasteiger partial charge is 0.336 e. The molecule has 128 valence electrons. The van der Waals surface area contributed by atoms with Crippen LogP contribution in [0.1, 0.15) is 11.1 Å². The van der Waals surface area contributed by atoms with Gasteiger partial charge in [-0.05, 0) is 35.9 Å². The van der Waals surface area contributed by atoms with Crippen molar-refractivity contribution in [3.8, 4) is 29.1 Å².